The van der Waals surface area contributed by atoms with Crippen LogP contribution in [0.5, 0.6) is 0 Å². The van der Waals surface area contributed by atoms with Gasteiger partial charge < -0.3 is 4.90 Å². The lowest BCUT2D eigenvalue weighted by molar-refractivity contribution is -0.136. The molecule has 0 aromatic carbocycles. The molecule has 12 heteroatoms. The number of aromatic nitrogens is 2. The smallest absolute Gasteiger partial charge is 0.340 e. The van der Waals surface area contributed by atoms with Crippen molar-refractivity contribution in [2.45, 2.75) is 76.8 Å². The van der Waals surface area contributed by atoms with Crippen LogP contribution < -0.4 is 16.5 Å². The van der Waals surface area contributed by atoms with Crippen LogP contribution in [0.2, 0.25) is 0 Å². The third-order valence-corrected chi connectivity index (χ3v) is 10.1. The van der Waals surface area contributed by atoms with Crippen molar-refractivity contribution in [2.75, 3.05) is 39.9 Å². The molecular formula is C29H42F3N7O2. The Hall–Kier alpha value is -2.41. The Morgan fingerprint density at radius 1 is 1.05 bits per heavy atom. The summed E-state index contributed by atoms with van der Waals surface area (Å²) in [5.74, 6) is 1.49. The quantitative estimate of drug-likeness (QED) is 0.549. The normalized spacial score (nSPS) is 27.8. The summed E-state index contributed by atoms with van der Waals surface area (Å²) < 4.78 is 45.7. The fourth-order valence-electron chi connectivity index (χ4n) is 7.72. The predicted molar refractivity (Wildman–Crippen MR) is 149 cm³/mol. The summed E-state index contributed by atoms with van der Waals surface area (Å²) in [5, 5.41) is 0. The zero-order valence-electron chi connectivity index (χ0n) is 24.0. The molecule has 2 aromatic heterocycles. The molecule has 4 heterocycles. The highest BCUT2D eigenvalue weighted by atomic mass is 19.4. The van der Waals surface area contributed by atoms with Gasteiger partial charge in [0.25, 0.3) is 0 Å². The molecule has 6 rings (SSSR count). The van der Waals surface area contributed by atoms with Crippen molar-refractivity contribution < 1.29 is 18.0 Å². The van der Waals surface area contributed by atoms with E-state index in [9.17, 15) is 22.8 Å². The lowest BCUT2D eigenvalue weighted by Crippen LogP contribution is -2.50. The molecule has 2 N–H and O–H groups in total. The molecule has 2 saturated heterocycles. The van der Waals surface area contributed by atoms with Gasteiger partial charge in [-0.1, -0.05) is 25.7 Å². The van der Waals surface area contributed by atoms with Crippen LogP contribution in [-0.4, -0.2) is 75.6 Å². The molecule has 0 radical (unpaired) electrons. The Balaban J connectivity index is 1.27. The van der Waals surface area contributed by atoms with Gasteiger partial charge in [-0.2, -0.15) is 13.2 Å². The van der Waals surface area contributed by atoms with Gasteiger partial charge in [0, 0.05) is 58.1 Å². The molecule has 1 amide bonds. The Bertz CT molecular complexity index is 1310. The molecule has 4 fully saturated rings. The number of nitrogens with one attached hydrogen (secondary N) is 2. The summed E-state index contributed by atoms with van der Waals surface area (Å²) >= 11 is 0. The lowest BCUT2D eigenvalue weighted by Gasteiger charge is -2.46. The minimum Gasteiger partial charge on any atom is -0.340 e. The molecule has 41 heavy (non-hydrogen) atoms. The average Bonchev–Trinajstić information content (AvgIpc) is 3.48. The summed E-state index contributed by atoms with van der Waals surface area (Å²) in [6, 6.07) is 1.08. The van der Waals surface area contributed by atoms with Crippen LogP contribution in [0.25, 0.3) is 5.52 Å². The highest BCUT2D eigenvalue weighted by Gasteiger charge is 2.44. The average molecular weight is 578 g/mol. The van der Waals surface area contributed by atoms with Crippen molar-refractivity contribution in [3.63, 3.8) is 0 Å². The zero-order valence-corrected chi connectivity index (χ0v) is 24.0. The van der Waals surface area contributed by atoms with E-state index in [0.29, 0.717) is 56.0 Å². The van der Waals surface area contributed by atoms with E-state index in [4.69, 9.17) is 0 Å². The number of hydrogen-bond acceptors (Lipinski definition) is 6. The fourth-order valence-corrected chi connectivity index (χ4v) is 7.72. The molecule has 3 unspecified atom stereocenters. The van der Waals surface area contributed by atoms with E-state index in [1.54, 1.807) is 15.7 Å². The Morgan fingerprint density at radius 2 is 1.76 bits per heavy atom. The van der Waals surface area contributed by atoms with E-state index in [2.05, 4.69) is 22.8 Å². The first kappa shape index (κ1) is 28.7. The minimum atomic E-state index is -4.58. The van der Waals surface area contributed by atoms with E-state index in [1.165, 1.54) is 42.9 Å². The third kappa shape index (κ3) is 5.68. The maximum absolute atomic E-state index is 14.3. The first-order chi connectivity index (χ1) is 19.6. The highest BCUT2D eigenvalue weighted by molar-refractivity contribution is 5.73. The maximum atomic E-state index is 14.3. The number of halogens is 3. The summed E-state index contributed by atoms with van der Waals surface area (Å²) in [6.07, 6.45) is 6.02. The molecule has 2 saturated carbocycles. The third-order valence-electron chi connectivity index (χ3n) is 10.1. The number of amides is 1. The molecule has 2 aliphatic carbocycles. The van der Waals surface area contributed by atoms with Crippen LogP contribution >= 0.6 is 0 Å². The van der Waals surface area contributed by atoms with Gasteiger partial charge in [0.05, 0.1) is 23.9 Å². The molecule has 0 spiro atoms. The molecule has 2 aliphatic heterocycles. The molecule has 2 aromatic rings. The summed E-state index contributed by atoms with van der Waals surface area (Å²) in [4.78, 5) is 31.5. The summed E-state index contributed by atoms with van der Waals surface area (Å²) in [5.41, 5.74) is 5.95. The molecule has 226 valence electrons. The van der Waals surface area contributed by atoms with Crippen molar-refractivity contribution in [3.8, 4) is 0 Å². The number of nitrogens with zero attached hydrogens (tertiary/aromatic N) is 5. The van der Waals surface area contributed by atoms with Gasteiger partial charge in [-0.25, -0.2) is 15.6 Å². The van der Waals surface area contributed by atoms with E-state index >= 15 is 0 Å². The number of hydrazine groups is 1. The van der Waals surface area contributed by atoms with E-state index < -0.39 is 17.4 Å². The highest BCUT2D eigenvalue weighted by Crippen LogP contribution is 2.47. The number of pyridine rings is 1. The topological polar surface area (TPSA) is 77.3 Å². The first-order valence-electron chi connectivity index (χ1n) is 15.1. The van der Waals surface area contributed by atoms with Gasteiger partial charge in [0.15, 0.2) is 0 Å². The van der Waals surface area contributed by atoms with E-state index in [0.717, 1.165) is 32.4 Å². The van der Waals surface area contributed by atoms with Crippen molar-refractivity contribution in [2.24, 2.45) is 17.8 Å². The van der Waals surface area contributed by atoms with Crippen molar-refractivity contribution in [3.05, 3.63) is 40.1 Å². The summed E-state index contributed by atoms with van der Waals surface area (Å²) in [6.45, 7) is 4.87. The van der Waals surface area contributed by atoms with Crippen LogP contribution in [0.3, 0.4) is 0 Å². The lowest BCUT2D eigenvalue weighted by atomic mass is 9.65. The Morgan fingerprint density at radius 3 is 2.37 bits per heavy atom. The van der Waals surface area contributed by atoms with Crippen LogP contribution in [0, 0.1) is 17.8 Å². The number of alkyl halides is 3. The number of hydrogen-bond donors (Lipinski definition) is 2. The fraction of sp³-hybridized carbons (Fsp3) is 0.724. The SMILES string of the molecule is CC(=O)N1CCN(Cc2cc(C(F)(F)F)c3cn(C4CCCC([C@H](C5CCC5)C5NNCN5C)C4)c(=O)n3c2)CC1. The van der Waals surface area contributed by atoms with Crippen molar-refractivity contribution >= 4 is 11.4 Å². The van der Waals surface area contributed by atoms with Gasteiger partial charge in [-0.15, -0.1) is 0 Å². The second-order valence-corrected chi connectivity index (χ2v) is 12.6. The number of imidazole rings is 1. The molecule has 4 aliphatic rings. The van der Waals surface area contributed by atoms with Gasteiger partial charge in [0.2, 0.25) is 5.91 Å². The second kappa shape index (κ2) is 11.3. The standard InChI is InChI=1S/C29H42F3N7O2/c1-19(40)37-11-9-36(10-12-37)15-20-13-24(29(30,31)32)25-17-38(28(41)39(25)16-20)23-8-4-7-22(14-23)26(21-5-3-6-21)27-34-33-18-35(27)2/h13,16-17,21-23,26-27,33-34H,3-12,14-15,18H2,1-2H3/t22?,23?,26-,27?/m0/s1. The molecular weight excluding hydrogens is 535 g/mol. The van der Waals surface area contributed by atoms with Crippen LogP contribution in [0.15, 0.2) is 23.3 Å². The Labute approximate surface area is 238 Å². The number of carbonyl (C=O) groups excluding carboxylic acids is 1. The van der Waals surface area contributed by atoms with E-state index in [1.807, 2.05) is 4.90 Å². The number of fused-ring (bicyclic) bond motifs is 1. The number of piperazine rings is 1. The van der Waals surface area contributed by atoms with E-state index in [-0.39, 0.29) is 23.6 Å². The van der Waals surface area contributed by atoms with Crippen LogP contribution in [0.1, 0.15) is 69.0 Å². The Kier molecular flexibility index (Phi) is 7.94. The largest absolute Gasteiger partial charge is 0.418 e. The zero-order chi connectivity index (χ0) is 28.9. The molecule has 9 nitrogen and oxygen atoms in total. The monoisotopic (exact) mass is 577 g/mol. The first-order valence-corrected chi connectivity index (χ1v) is 15.1. The van der Waals surface area contributed by atoms with Gasteiger partial charge in [0.1, 0.15) is 0 Å². The predicted octanol–water partition coefficient (Wildman–Crippen LogP) is 3.25. The van der Waals surface area contributed by atoms with Crippen molar-refractivity contribution in [1.29, 1.82) is 0 Å². The number of carbonyl (C=O) groups is 1. The van der Waals surface area contributed by atoms with Gasteiger partial charge >= 0.3 is 11.9 Å². The molecule has 0 bridgehead atoms. The maximum Gasteiger partial charge on any atom is 0.418 e. The second-order valence-electron chi connectivity index (χ2n) is 12.6. The van der Waals surface area contributed by atoms with Gasteiger partial charge in [-0.3, -0.25) is 23.6 Å². The van der Waals surface area contributed by atoms with Crippen LogP contribution in [-0.2, 0) is 17.5 Å². The van der Waals surface area contributed by atoms with Gasteiger partial charge in [-0.05, 0) is 55.7 Å². The number of rotatable bonds is 6. The molecule has 4 atom stereocenters. The summed E-state index contributed by atoms with van der Waals surface area (Å²) in [7, 11) is 2.12. The van der Waals surface area contributed by atoms with Crippen molar-refractivity contribution in [1.82, 2.24) is 34.5 Å². The van der Waals surface area contributed by atoms with Crippen LogP contribution in [0.4, 0.5) is 13.2 Å². The minimum absolute atomic E-state index is 0.00507.